The molecule has 20 heavy (non-hydrogen) atoms. The maximum absolute atomic E-state index is 5.62. The molecule has 1 aromatic heterocycles. The van der Waals surface area contributed by atoms with Gasteiger partial charge in [-0.05, 0) is 35.4 Å². The molecule has 1 aliphatic rings. The van der Waals surface area contributed by atoms with E-state index in [2.05, 4.69) is 41.9 Å². The van der Waals surface area contributed by atoms with E-state index in [0.717, 1.165) is 19.4 Å². The lowest BCUT2D eigenvalue weighted by Crippen LogP contribution is -2.26. The van der Waals surface area contributed by atoms with Crippen molar-refractivity contribution in [3.05, 3.63) is 35.2 Å². The Kier molecular flexibility index (Phi) is 4.68. The van der Waals surface area contributed by atoms with Crippen LogP contribution in [0.2, 0.25) is 0 Å². The second kappa shape index (κ2) is 6.68. The molecule has 2 heterocycles. The van der Waals surface area contributed by atoms with Crippen molar-refractivity contribution in [2.75, 3.05) is 19.8 Å². The molecular formula is C16H21NO2S. The SMILES string of the molecule is CCCNC(CC1OCCO1)c1cccc2ccsc12. The molecule has 1 aromatic carbocycles. The number of rotatable bonds is 6. The van der Waals surface area contributed by atoms with Crippen LogP contribution in [0.4, 0.5) is 0 Å². The van der Waals surface area contributed by atoms with Crippen LogP contribution in [0.3, 0.4) is 0 Å². The lowest BCUT2D eigenvalue weighted by Gasteiger charge is -2.22. The van der Waals surface area contributed by atoms with E-state index in [0.29, 0.717) is 19.3 Å². The Hall–Kier alpha value is -0.940. The fraction of sp³-hybridized carbons (Fsp3) is 0.500. The molecule has 3 rings (SSSR count). The third-order valence-corrected chi connectivity index (χ3v) is 4.62. The average molecular weight is 291 g/mol. The molecule has 1 saturated heterocycles. The van der Waals surface area contributed by atoms with Gasteiger partial charge in [0.15, 0.2) is 6.29 Å². The van der Waals surface area contributed by atoms with Crippen LogP contribution < -0.4 is 5.32 Å². The molecule has 0 saturated carbocycles. The quantitative estimate of drug-likeness (QED) is 0.880. The minimum absolute atomic E-state index is 0.0698. The van der Waals surface area contributed by atoms with E-state index in [-0.39, 0.29) is 6.29 Å². The van der Waals surface area contributed by atoms with E-state index in [9.17, 15) is 0 Å². The summed E-state index contributed by atoms with van der Waals surface area (Å²) >= 11 is 1.81. The Labute approximate surface area is 123 Å². The minimum atomic E-state index is -0.0698. The Morgan fingerprint density at radius 3 is 2.95 bits per heavy atom. The highest BCUT2D eigenvalue weighted by atomic mass is 32.1. The molecule has 1 unspecified atom stereocenters. The third kappa shape index (κ3) is 3.04. The zero-order valence-corrected chi connectivity index (χ0v) is 12.6. The zero-order valence-electron chi connectivity index (χ0n) is 11.8. The van der Waals surface area contributed by atoms with Gasteiger partial charge in [0.25, 0.3) is 0 Å². The number of benzene rings is 1. The van der Waals surface area contributed by atoms with Gasteiger partial charge in [0.05, 0.1) is 13.2 Å². The Morgan fingerprint density at radius 1 is 1.30 bits per heavy atom. The van der Waals surface area contributed by atoms with Gasteiger partial charge in [-0.15, -0.1) is 11.3 Å². The Bertz CT molecular complexity index is 548. The van der Waals surface area contributed by atoms with E-state index in [1.165, 1.54) is 15.6 Å². The van der Waals surface area contributed by atoms with Crippen LogP contribution in [0.25, 0.3) is 10.1 Å². The van der Waals surface area contributed by atoms with Gasteiger partial charge in [-0.3, -0.25) is 0 Å². The topological polar surface area (TPSA) is 30.5 Å². The van der Waals surface area contributed by atoms with Crippen molar-refractivity contribution < 1.29 is 9.47 Å². The number of thiophene rings is 1. The van der Waals surface area contributed by atoms with Crippen molar-refractivity contribution in [3.8, 4) is 0 Å². The summed E-state index contributed by atoms with van der Waals surface area (Å²) in [6, 6.07) is 9.01. The summed E-state index contributed by atoms with van der Waals surface area (Å²) in [6.45, 7) is 4.64. The first-order chi connectivity index (χ1) is 9.88. The minimum Gasteiger partial charge on any atom is -0.350 e. The maximum atomic E-state index is 5.62. The summed E-state index contributed by atoms with van der Waals surface area (Å²) in [4.78, 5) is 0. The highest BCUT2D eigenvalue weighted by Crippen LogP contribution is 2.32. The van der Waals surface area contributed by atoms with Gasteiger partial charge in [-0.25, -0.2) is 0 Å². The molecule has 1 fully saturated rings. The van der Waals surface area contributed by atoms with Gasteiger partial charge >= 0.3 is 0 Å². The molecule has 1 aliphatic heterocycles. The number of hydrogen-bond acceptors (Lipinski definition) is 4. The first kappa shape index (κ1) is 14.0. The second-order valence-corrected chi connectivity index (χ2v) is 6.02. The maximum Gasteiger partial charge on any atom is 0.159 e. The Balaban J connectivity index is 1.84. The summed E-state index contributed by atoms with van der Waals surface area (Å²) in [6.07, 6.45) is 1.93. The molecule has 0 bridgehead atoms. The smallest absolute Gasteiger partial charge is 0.159 e. The lowest BCUT2D eigenvalue weighted by atomic mass is 10.0. The average Bonchev–Trinajstić information content (AvgIpc) is 3.13. The second-order valence-electron chi connectivity index (χ2n) is 5.10. The third-order valence-electron chi connectivity index (χ3n) is 3.64. The zero-order chi connectivity index (χ0) is 13.8. The van der Waals surface area contributed by atoms with Crippen molar-refractivity contribution in [2.45, 2.75) is 32.1 Å². The number of hydrogen-bond donors (Lipinski definition) is 1. The van der Waals surface area contributed by atoms with E-state index >= 15 is 0 Å². The first-order valence-electron chi connectivity index (χ1n) is 7.31. The summed E-state index contributed by atoms with van der Waals surface area (Å²) in [5.41, 5.74) is 1.37. The summed E-state index contributed by atoms with van der Waals surface area (Å²) in [5.74, 6) is 0. The van der Waals surface area contributed by atoms with Gasteiger partial charge in [-0.2, -0.15) is 0 Å². The fourth-order valence-corrected chi connectivity index (χ4v) is 3.63. The van der Waals surface area contributed by atoms with E-state index < -0.39 is 0 Å². The molecule has 4 heteroatoms. The van der Waals surface area contributed by atoms with Gasteiger partial charge in [0.2, 0.25) is 0 Å². The molecule has 0 spiro atoms. The van der Waals surface area contributed by atoms with Gasteiger partial charge < -0.3 is 14.8 Å². The molecule has 108 valence electrons. The van der Waals surface area contributed by atoms with Crippen LogP contribution >= 0.6 is 11.3 Å². The van der Waals surface area contributed by atoms with Crippen molar-refractivity contribution in [2.24, 2.45) is 0 Å². The molecule has 0 aliphatic carbocycles. The van der Waals surface area contributed by atoms with Crippen molar-refractivity contribution >= 4 is 21.4 Å². The van der Waals surface area contributed by atoms with E-state index in [4.69, 9.17) is 9.47 Å². The largest absolute Gasteiger partial charge is 0.350 e. The number of ether oxygens (including phenoxy) is 2. The van der Waals surface area contributed by atoms with E-state index in [1.54, 1.807) is 0 Å². The highest BCUT2D eigenvalue weighted by Gasteiger charge is 2.23. The van der Waals surface area contributed by atoms with Crippen LogP contribution in [-0.4, -0.2) is 26.0 Å². The van der Waals surface area contributed by atoms with Crippen molar-refractivity contribution in [1.82, 2.24) is 5.32 Å². The fourth-order valence-electron chi connectivity index (χ4n) is 2.67. The normalized spacial score (nSPS) is 17.9. The molecule has 3 nitrogen and oxygen atoms in total. The number of fused-ring (bicyclic) bond motifs is 1. The summed E-state index contributed by atoms with van der Waals surface area (Å²) in [5, 5.41) is 7.12. The van der Waals surface area contributed by atoms with Gasteiger partial charge in [0, 0.05) is 17.2 Å². The predicted octanol–water partition coefficient (Wildman–Crippen LogP) is 3.71. The lowest BCUT2D eigenvalue weighted by molar-refractivity contribution is -0.0529. The van der Waals surface area contributed by atoms with Crippen LogP contribution in [0, 0.1) is 0 Å². The molecule has 1 N–H and O–H groups in total. The molecule has 0 amide bonds. The van der Waals surface area contributed by atoms with Crippen LogP contribution in [-0.2, 0) is 9.47 Å². The molecule has 1 atom stereocenters. The van der Waals surface area contributed by atoms with Crippen LogP contribution in [0.15, 0.2) is 29.6 Å². The van der Waals surface area contributed by atoms with Crippen LogP contribution in [0.1, 0.15) is 31.4 Å². The standard InChI is InChI=1S/C16H21NO2S/c1-2-7-17-14(11-15-18-8-9-19-15)13-5-3-4-12-6-10-20-16(12)13/h3-6,10,14-15,17H,2,7-9,11H2,1H3. The Morgan fingerprint density at radius 2 is 2.15 bits per heavy atom. The molecule has 0 radical (unpaired) electrons. The highest BCUT2D eigenvalue weighted by molar-refractivity contribution is 7.17. The molecule has 2 aromatic rings. The van der Waals surface area contributed by atoms with E-state index in [1.807, 2.05) is 11.3 Å². The van der Waals surface area contributed by atoms with Gasteiger partial charge in [0.1, 0.15) is 0 Å². The summed E-state index contributed by atoms with van der Waals surface area (Å²) < 4.78 is 12.6. The monoisotopic (exact) mass is 291 g/mol. The first-order valence-corrected chi connectivity index (χ1v) is 8.19. The van der Waals surface area contributed by atoms with Gasteiger partial charge in [-0.1, -0.05) is 25.1 Å². The van der Waals surface area contributed by atoms with Crippen molar-refractivity contribution in [1.29, 1.82) is 0 Å². The summed E-state index contributed by atoms with van der Waals surface area (Å²) in [7, 11) is 0. The molecular weight excluding hydrogens is 270 g/mol. The van der Waals surface area contributed by atoms with Crippen LogP contribution in [0.5, 0.6) is 0 Å². The number of nitrogens with one attached hydrogen (secondary N) is 1. The van der Waals surface area contributed by atoms with Crippen molar-refractivity contribution in [3.63, 3.8) is 0 Å². The predicted molar refractivity (Wildman–Crippen MR) is 83.2 cm³/mol.